The molecule has 1 aliphatic carbocycles. The number of aromatic nitrogens is 6. The van der Waals surface area contributed by atoms with Crippen LogP contribution in [-0.2, 0) is 11.8 Å². The molecule has 0 saturated heterocycles. The molecule has 4 aromatic heterocycles. The number of anilines is 1. The van der Waals surface area contributed by atoms with Crippen LogP contribution in [0.4, 0.5) is 14.6 Å². The van der Waals surface area contributed by atoms with Crippen LogP contribution in [-0.4, -0.2) is 41.2 Å². The zero-order chi connectivity index (χ0) is 23.6. The molecule has 1 aliphatic rings. The standard InChI is InChI=1S/C22H16ClF2N7OS/c1-31-5-4-26-22(31)34-20-18(25)17(23)16(12-7-27-30-19(12)20)10-2-3-15-28-14(9-32(15)8-10)29-21(33)11-6-13(11)24/h2-5,7-9,11,13H,6H2,1H3,(H,27,30)(H,29,33)/t11-,13+/m1/s1. The fraction of sp³-hybridized carbons (Fsp3) is 0.182. The van der Waals surface area contributed by atoms with Crippen molar-refractivity contribution in [3.8, 4) is 11.1 Å². The Morgan fingerprint density at radius 3 is 2.91 bits per heavy atom. The summed E-state index contributed by atoms with van der Waals surface area (Å²) in [6.07, 6.45) is 7.53. The van der Waals surface area contributed by atoms with Crippen molar-refractivity contribution in [3.05, 3.63) is 54.0 Å². The van der Waals surface area contributed by atoms with E-state index in [0.717, 1.165) is 11.8 Å². The SMILES string of the molecule is Cn1ccnc1Sc1c(F)c(Cl)c(-c2ccc3nc(NC(=O)[C@@H]4C[C@@H]4F)cn3c2)c2cn[nH]c12. The maximum absolute atomic E-state index is 15.5. The Morgan fingerprint density at radius 2 is 2.18 bits per heavy atom. The highest BCUT2D eigenvalue weighted by atomic mass is 35.5. The van der Waals surface area contributed by atoms with Crippen LogP contribution in [0.1, 0.15) is 6.42 Å². The summed E-state index contributed by atoms with van der Waals surface area (Å²) < 4.78 is 32.2. The molecule has 4 heterocycles. The van der Waals surface area contributed by atoms with E-state index in [1.165, 1.54) is 0 Å². The van der Waals surface area contributed by atoms with Gasteiger partial charge in [-0.1, -0.05) is 11.6 Å². The number of alkyl halides is 1. The van der Waals surface area contributed by atoms with Crippen LogP contribution in [0.5, 0.6) is 0 Å². The van der Waals surface area contributed by atoms with Crippen molar-refractivity contribution in [2.75, 3.05) is 5.32 Å². The van der Waals surface area contributed by atoms with E-state index in [4.69, 9.17) is 11.6 Å². The monoisotopic (exact) mass is 499 g/mol. The van der Waals surface area contributed by atoms with E-state index in [-0.39, 0.29) is 17.4 Å². The van der Waals surface area contributed by atoms with Gasteiger partial charge in [-0.05, 0) is 30.3 Å². The summed E-state index contributed by atoms with van der Waals surface area (Å²) in [7, 11) is 1.82. The van der Waals surface area contributed by atoms with E-state index >= 15 is 4.39 Å². The predicted molar refractivity (Wildman–Crippen MR) is 124 cm³/mol. The van der Waals surface area contributed by atoms with Gasteiger partial charge in [0.25, 0.3) is 0 Å². The van der Waals surface area contributed by atoms with Gasteiger partial charge in [0.2, 0.25) is 5.91 Å². The quantitative estimate of drug-likeness (QED) is 0.360. The molecule has 1 amide bonds. The molecule has 5 aromatic rings. The van der Waals surface area contributed by atoms with Gasteiger partial charge < -0.3 is 14.3 Å². The van der Waals surface area contributed by atoms with Gasteiger partial charge in [-0.15, -0.1) is 0 Å². The molecule has 0 unspecified atom stereocenters. The van der Waals surface area contributed by atoms with E-state index in [0.29, 0.717) is 43.5 Å². The topological polar surface area (TPSA) is 92.9 Å². The van der Waals surface area contributed by atoms with E-state index in [1.54, 1.807) is 52.1 Å². The molecule has 0 bridgehead atoms. The number of imidazole rings is 2. The summed E-state index contributed by atoms with van der Waals surface area (Å²) in [6.45, 7) is 0. The molecule has 12 heteroatoms. The number of benzene rings is 1. The molecule has 8 nitrogen and oxygen atoms in total. The maximum atomic E-state index is 15.5. The maximum Gasteiger partial charge on any atom is 0.231 e. The van der Waals surface area contributed by atoms with Crippen LogP contribution in [0.2, 0.25) is 5.02 Å². The summed E-state index contributed by atoms with van der Waals surface area (Å²) in [4.78, 5) is 20.9. The third-order valence-corrected chi connectivity index (χ3v) is 7.28. The third-order valence-electron chi connectivity index (χ3n) is 5.76. The molecule has 1 saturated carbocycles. The van der Waals surface area contributed by atoms with Gasteiger partial charge in [0, 0.05) is 42.2 Å². The van der Waals surface area contributed by atoms with Crippen molar-refractivity contribution >= 4 is 51.6 Å². The number of fused-ring (bicyclic) bond motifs is 2. The molecule has 0 radical (unpaired) electrons. The predicted octanol–water partition coefficient (Wildman–Crippen LogP) is 4.85. The molecular weight excluding hydrogens is 484 g/mol. The van der Waals surface area contributed by atoms with Gasteiger partial charge in [0.1, 0.15) is 11.8 Å². The molecule has 6 rings (SSSR count). The molecular formula is C22H16ClF2N7OS. The van der Waals surface area contributed by atoms with E-state index in [1.807, 2.05) is 7.05 Å². The normalized spacial score (nSPS) is 17.5. The molecule has 1 aromatic carbocycles. The van der Waals surface area contributed by atoms with E-state index in [9.17, 15) is 9.18 Å². The first-order valence-corrected chi connectivity index (χ1v) is 11.5. The molecule has 0 spiro atoms. The summed E-state index contributed by atoms with van der Waals surface area (Å²) in [5, 5.41) is 10.9. The number of aryl methyl sites for hydroxylation is 1. The first-order valence-electron chi connectivity index (χ1n) is 10.3. The Bertz CT molecular complexity index is 1590. The molecule has 2 atom stereocenters. The number of pyridine rings is 1. The highest BCUT2D eigenvalue weighted by Crippen LogP contribution is 2.44. The second kappa shape index (κ2) is 7.81. The number of hydrogen-bond acceptors (Lipinski definition) is 5. The second-order valence-corrected chi connectivity index (χ2v) is 9.43. The summed E-state index contributed by atoms with van der Waals surface area (Å²) in [5.41, 5.74) is 2.19. The van der Waals surface area contributed by atoms with E-state index < -0.39 is 17.9 Å². The van der Waals surface area contributed by atoms with Crippen molar-refractivity contribution < 1.29 is 13.6 Å². The van der Waals surface area contributed by atoms with Gasteiger partial charge in [-0.3, -0.25) is 9.89 Å². The average Bonchev–Trinajstić information content (AvgIpc) is 3.16. The number of carbonyl (C=O) groups is 1. The van der Waals surface area contributed by atoms with Gasteiger partial charge in [-0.2, -0.15) is 5.10 Å². The lowest BCUT2D eigenvalue weighted by Crippen LogP contribution is -2.15. The number of rotatable bonds is 5. The van der Waals surface area contributed by atoms with Crippen molar-refractivity contribution in [3.63, 3.8) is 0 Å². The number of amides is 1. The number of aromatic amines is 1. The minimum Gasteiger partial charge on any atom is -0.329 e. The largest absolute Gasteiger partial charge is 0.329 e. The molecule has 0 aliphatic heterocycles. The molecule has 34 heavy (non-hydrogen) atoms. The Kier molecular flexibility index (Phi) is 4.85. The number of halogens is 3. The van der Waals surface area contributed by atoms with Gasteiger partial charge >= 0.3 is 0 Å². The Hall–Kier alpha value is -3.44. The number of nitrogens with one attached hydrogen (secondary N) is 2. The highest BCUT2D eigenvalue weighted by molar-refractivity contribution is 7.99. The second-order valence-electron chi connectivity index (χ2n) is 8.07. The zero-order valence-electron chi connectivity index (χ0n) is 17.6. The number of H-pyrrole nitrogens is 1. The molecule has 1 fully saturated rings. The van der Waals surface area contributed by atoms with Crippen LogP contribution < -0.4 is 5.32 Å². The van der Waals surface area contributed by atoms with Crippen molar-refractivity contribution in [1.29, 1.82) is 0 Å². The fourth-order valence-electron chi connectivity index (χ4n) is 3.86. The Balaban J connectivity index is 1.41. The van der Waals surface area contributed by atoms with Crippen LogP contribution in [0, 0.1) is 11.7 Å². The lowest BCUT2D eigenvalue weighted by atomic mass is 10.0. The first kappa shape index (κ1) is 21.1. The minimum absolute atomic E-state index is 0.0404. The van der Waals surface area contributed by atoms with Crippen LogP contribution >= 0.6 is 23.4 Å². The van der Waals surface area contributed by atoms with Gasteiger partial charge in [0.05, 0.1) is 33.7 Å². The number of nitrogens with zero attached hydrogens (tertiary/aromatic N) is 5. The molecule has 2 N–H and O–H groups in total. The van der Waals surface area contributed by atoms with Crippen molar-refractivity contribution in [2.45, 2.75) is 22.6 Å². The molecule has 172 valence electrons. The lowest BCUT2D eigenvalue weighted by molar-refractivity contribution is -0.117. The number of hydrogen-bond donors (Lipinski definition) is 2. The lowest BCUT2D eigenvalue weighted by Gasteiger charge is -2.12. The fourth-order valence-corrected chi connectivity index (χ4v) is 5.17. The van der Waals surface area contributed by atoms with E-state index in [2.05, 4.69) is 25.5 Å². The Morgan fingerprint density at radius 1 is 1.35 bits per heavy atom. The smallest absolute Gasteiger partial charge is 0.231 e. The highest BCUT2D eigenvalue weighted by Gasteiger charge is 2.43. The van der Waals surface area contributed by atoms with Crippen molar-refractivity contribution in [2.24, 2.45) is 13.0 Å². The number of carbonyl (C=O) groups excluding carboxylic acids is 1. The van der Waals surface area contributed by atoms with Crippen LogP contribution in [0.15, 0.2) is 53.2 Å². The van der Waals surface area contributed by atoms with Gasteiger partial charge in [0.15, 0.2) is 16.8 Å². The minimum atomic E-state index is -1.09. The summed E-state index contributed by atoms with van der Waals surface area (Å²) >= 11 is 7.71. The summed E-state index contributed by atoms with van der Waals surface area (Å²) in [6, 6.07) is 3.50. The zero-order valence-corrected chi connectivity index (χ0v) is 19.2. The third kappa shape index (κ3) is 3.43. The van der Waals surface area contributed by atoms with Crippen LogP contribution in [0.3, 0.4) is 0 Å². The summed E-state index contributed by atoms with van der Waals surface area (Å²) in [5.74, 6) is -1.26. The van der Waals surface area contributed by atoms with Gasteiger partial charge in [-0.25, -0.2) is 18.7 Å². The Labute approximate surface area is 200 Å². The van der Waals surface area contributed by atoms with Crippen LogP contribution in [0.25, 0.3) is 27.7 Å². The average molecular weight is 500 g/mol. The first-order chi connectivity index (χ1) is 16.4. The van der Waals surface area contributed by atoms with Crippen molar-refractivity contribution in [1.82, 2.24) is 29.1 Å².